The molecule has 1 aromatic rings. The molecule has 2 aliphatic heterocycles. The average molecular weight is 398 g/mol. The minimum absolute atomic E-state index is 0. The van der Waals surface area contributed by atoms with Crippen LogP contribution in [0.25, 0.3) is 5.70 Å². The van der Waals surface area contributed by atoms with Gasteiger partial charge < -0.3 is 10.6 Å². The Balaban J connectivity index is 0.00000225. The van der Waals surface area contributed by atoms with Crippen molar-refractivity contribution in [3.8, 4) is 0 Å². The van der Waals surface area contributed by atoms with Crippen LogP contribution < -0.4 is 10.6 Å². The molecule has 4 N–H and O–H groups in total. The van der Waals surface area contributed by atoms with Crippen molar-refractivity contribution in [3.05, 3.63) is 39.3 Å². The molecule has 8 heteroatoms. The molecule has 3 rings (SSSR count). The van der Waals surface area contributed by atoms with Crippen molar-refractivity contribution < 1.29 is 0 Å². The van der Waals surface area contributed by atoms with Crippen molar-refractivity contribution >= 4 is 58.3 Å². The van der Waals surface area contributed by atoms with Crippen molar-refractivity contribution in [1.29, 1.82) is 10.8 Å². The molecule has 0 amide bonds. The number of aliphatic imine (C=N–C) groups is 1. The summed E-state index contributed by atoms with van der Waals surface area (Å²) in [6.45, 7) is 3.06. The van der Waals surface area contributed by atoms with Crippen LogP contribution in [0, 0.1) is 10.8 Å². The van der Waals surface area contributed by atoms with Gasteiger partial charge in [0.05, 0.1) is 15.6 Å². The number of benzene rings is 1. The van der Waals surface area contributed by atoms with E-state index in [1.807, 2.05) is 12.1 Å². The average Bonchev–Trinajstić information content (AvgIpc) is 3.09. The lowest BCUT2D eigenvalue weighted by atomic mass is 10.1. The first-order valence-corrected chi connectivity index (χ1v) is 9.29. The van der Waals surface area contributed by atoms with Crippen LogP contribution in [-0.2, 0) is 0 Å². The summed E-state index contributed by atoms with van der Waals surface area (Å²) in [5, 5.41) is 23.9. The van der Waals surface area contributed by atoms with E-state index in [4.69, 9.17) is 22.4 Å². The van der Waals surface area contributed by atoms with Gasteiger partial charge in [-0.2, -0.15) is 0 Å². The minimum Gasteiger partial charge on any atom is -0.364 e. The number of unbranched alkanes of at least 4 members (excludes halogenated alkanes) is 3. The Morgan fingerprint density at radius 2 is 2.04 bits per heavy atom. The molecule has 25 heavy (non-hydrogen) atoms. The quantitative estimate of drug-likeness (QED) is 0.547. The van der Waals surface area contributed by atoms with Crippen LogP contribution in [0.3, 0.4) is 0 Å². The molecule has 0 radical (unpaired) electrons. The number of amidine groups is 3. The second kappa shape index (κ2) is 8.74. The number of fused-ring (bicyclic) bond motifs is 1. The zero-order valence-corrected chi connectivity index (χ0v) is 16.3. The molecule has 2 aliphatic rings. The minimum atomic E-state index is 0. The van der Waals surface area contributed by atoms with Crippen LogP contribution in [0.5, 0.6) is 0 Å². The molecular formula is C17H21Cl2N5S. The Hall–Kier alpha value is -1.50. The maximum atomic E-state index is 8.17. The predicted octanol–water partition coefficient (Wildman–Crippen LogP) is 4.61. The second-order valence-corrected chi connectivity index (χ2v) is 7.13. The molecule has 1 aromatic carbocycles. The predicted molar refractivity (Wildman–Crippen MR) is 110 cm³/mol. The topological polar surface area (TPSA) is 84.1 Å². The molecule has 0 atom stereocenters. The normalized spacial score (nSPS) is 18.6. The van der Waals surface area contributed by atoms with Crippen LogP contribution in [0.4, 0.5) is 0 Å². The Labute approximate surface area is 163 Å². The molecule has 0 saturated carbocycles. The molecule has 0 spiro atoms. The first-order valence-electron chi connectivity index (χ1n) is 8.10. The molecule has 0 bridgehead atoms. The fourth-order valence-corrected chi connectivity index (χ4v) is 3.89. The summed E-state index contributed by atoms with van der Waals surface area (Å²) in [6, 6.07) is 5.50. The lowest BCUT2D eigenvalue weighted by Gasteiger charge is -2.07. The molecule has 0 aliphatic carbocycles. The van der Waals surface area contributed by atoms with Gasteiger partial charge >= 0.3 is 0 Å². The molecule has 0 fully saturated rings. The van der Waals surface area contributed by atoms with Gasteiger partial charge in [-0.05, 0) is 24.2 Å². The van der Waals surface area contributed by atoms with E-state index in [-0.39, 0.29) is 18.2 Å². The summed E-state index contributed by atoms with van der Waals surface area (Å²) in [6.07, 6.45) is 4.76. The Morgan fingerprint density at radius 3 is 2.80 bits per heavy atom. The van der Waals surface area contributed by atoms with Crippen molar-refractivity contribution in [3.63, 3.8) is 0 Å². The van der Waals surface area contributed by atoms with Gasteiger partial charge in [-0.3, -0.25) is 10.8 Å². The third kappa shape index (κ3) is 4.19. The number of nitrogens with zero attached hydrogens (tertiary/aromatic N) is 1. The number of thioether (sulfide) groups is 1. The van der Waals surface area contributed by atoms with Crippen LogP contribution in [0.15, 0.2) is 28.1 Å². The Morgan fingerprint density at radius 1 is 1.24 bits per heavy atom. The van der Waals surface area contributed by atoms with E-state index >= 15 is 0 Å². The highest BCUT2D eigenvalue weighted by molar-refractivity contribution is 8.18. The lowest BCUT2D eigenvalue weighted by Crippen LogP contribution is -2.20. The maximum Gasteiger partial charge on any atom is 0.168 e. The first kappa shape index (κ1) is 19.8. The fraction of sp³-hybridized carbons (Fsp3) is 0.353. The van der Waals surface area contributed by atoms with Crippen LogP contribution in [0.1, 0.15) is 43.7 Å². The van der Waals surface area contributed by atoms with Gasteiger partial charge in [-0.15, -0.1) is 12.4 Å². The van der Waals surface area contributed by atoms with Gasteiger partial charge in [-0.25, -0.2) is 4.99 Å². The Kier molecular flexibility index (Phi) is 6.93. The van der Waals surface area contributed by atoms with E-state index in [0.29, 0.717) is 21.5 Å². The van der Waals surface area contributed by atoms with Gasteiger partial charge in [0.15, 0.2) is 11.0 Å². The fourth-order valence-electron chi connectivity index (χ4n) is 2.72. The Bertz CT molecular complexity index is 757. The number of rotatable bonds is 5. The third-order valence-corrected chi connectivity index (χ3v) is 5.29. The van der Waals surface area contributed by atoms with Crippen molar-refractivity contribution in [1.82, 2.24) is 10.6 Å². The van der Waals surface area contributed by atoms with Crippen LogP contribution in [-0.4, -0.2) is 23.4 Å². The van der Waals surface area contributed by atoms with Gasteiger partial charge in [0.2, 0.25) is 0 Å². The van der Waals surface area contributed by atoms with Crippen molar-refractivity contribution in [2.24, 2.45) is 4.99 Å². The van der Waals surface area contributed by atoms with E-state index in [1.54, 1.807) is 6.07 Å². The molecule has 2 heterocycles. The van der Waals surface area contributed by atoms with Crippen molar-refractivity contribution in [2.45, 2.75) is 32.6 Å². The molecular weight excluding hydrogens is 377 g/mol. The van der Waals surface area contributed by atoms with Gasteiger partial charge in [0.1, 0.15) is 5.84 Å². The highest BCUT2D eigenvalue weighted by atomic mass is 35.5. The van der Waals surface area contributed by atoms with E-state index in [1.165, 1.54) is 31.0 Å². The molecule has 5 nitrogen and oxygen atoms in total. The van der Waals surface area contributed by atoms with E-state index in [9.17, 15) is 0 Å². The number of halogens is 2. The summed E-state index contributed by atoms with van der Waals surface area (Å²) < 4.78 is 0. The first-order chi connectivity index (χ1) is 11.6. The molecule has 0 saturated heterocycles. The zero-order valence-electron chi connectivity index (χ0n) is 13.9. The zero-order chi connectivity index (χ0) is 17.1. The summed E-state index contributed by atoms with van der Waals surface area (Å²) in [4.78, 5) is 5.01. The van der Waals surface area contributed by atoms with Gasteiger partial charge in [0.25, 0.3) is 0 Å². The van der Waals surface area contributed by atoms with Gasteiger partial charge in [0, 0.05) is 17.7 Å². The molecule has 134 valence electrons. The lowest BCUT2D eigenvalue weighted by molar-refractivity contribution is 0.656. The standard InChI is InChI=1S/C17H20ClN5S.ClH/c1-2-3-4-5-9-21-17-23-16(20)14(24-17)13-12-10(15(19)22-13)7-6-8-11(12)18;/h6-8H,2-5,9H2,1H3,(H2,19,22)(H2,20,21,23);1H. The second-order valence-electron chi connectivity index (χ2n) is 5.72. The molecule has 0 unspecified atom stereocenters. The number of hydrogen-bond acceptors (Lipinski definition) is 4. The smallest absolute Gasteiger partial charge is 0.168 e. The SMILES string of the molecule is CCCCCCNC1=NC(=N)C(=C2NC(=N)c3cccc(Cl)c32)S1.Cl. The number of hydrogen-bond donors (Lipinski definition) is 4. The summed E-state index contributed by atoms with van der Waals surface area (Å²) in [5.41, 5.74) is 2.26. The van der Waals surface area contributed by atoms with Gasteiger partial charge in [-0.1, -0.05) is 49.9 Å². The number of nitrogens with one attached hydrogen (secondary N) is 4. The largest absolute Gasteiger partial charge is 0.364 e. The maximum absolute atomic E-state index is 8.17. The van der Waals surface area contributed by atoms with Crippen LogP contribution in [0.2, 0.25) is 5.02 Å². The van der Waals surface area contributed by atoms with Crippen LogP contribution >= 0.6 is 35.8 Å². The molecule has 0 aromatic heterocycles. The summed E-state index contributed by atoms with van der Waals surface area (Å²) >= 11 is 7.75. The highest BCUT2D eigenvalue weighted by Crippen LogP contribution is 2.38. The van der Waals surface area contributed by atoms with E-state index < -0.39 is 0 Å². The third-order valence-electron chi connectivity index (χ3n) is 3.94. The highest BCUT2D eigenvalue weighted by Gasteiger charge is 2.31. The van der Waals surface area contributed by atoms with Crippen molar-refractivity contribution in [2.75, 3.05) is 6.54 Å². The monoisotopic (exact) mass is 397 g/mol. The van der Waals surface area contributed by atoms with E-state index in [0.717, 1.165) is 29.3 Å². The summed E-state index contributed by atoms with van der Waals surface area (Å²) in [5.74, 6) is 0.517. The summed E-state index contributed by atoms with van der Waals surface area (Å²) in [7, 11) is 0. The van der Waals surface area contributed by atoms with E-state index in [2.05, 4.69) is 22.5 Å².